The van der Waals surface area contributed by atoms with Gasteiger partial charge in [-0.05, 0) is 38.1 Å². The summed E-state index contributed by atoms with van der Waals surface area (Å²) in [7, 11) is 0. The van der Waals surface area contributed by atoms with Crippen LogP contribution in [0.3, 0.4) is 0 Å². The zero-order valence-corrected chi connectivity index (χ0v) is 20.0. The van der Waals surface area contributed by atoms with Crippen LogP contribution in [-0.4, -0.2) is 39.7 Å². The molecule has 0 saturated heterocycles. The second kappa shape index (κ2) is 9.22. The lowest BCUT2D eigenvalue weighted by Crippen LogP contribution is -2.53. The topological polar surface area (TPSA) is 108 Å². The van der Waals surface area contributed by atoms with Gasteiger partial charge in [-0.2, -0.15) is 0 Å². The van der Waals surface area contributed by atoms with Crippen molar-refractivity contribution in [3.05, 3.63) is 77.1 Å². The van der Waals surface area contributed by atoms with E-state index in [-0.39, 0.29) is 12.5 Å². The van der Waals surface area contributed by atoms with Gasteiger partial charge in [0.15, 0.2) is 0 Å². The fourth-order valence-electron chi connectivity index (χ4n) is 4.15. The van der Waals surface area contributed by atoms with Crippen LogP contribution < -0.4 is 15.4 Å². The first kappa shape index (κ1) is 23.2. The molecule has 9 heteroatoms. The summed E-state index contributed by atoms with van der Waals surface area (Å²) in [6.07, 6.45) is 2.23. The van der Waals surface area contributed by atoms with E-state index in [1.807, 2.05) is 37.3 Å². The van der Waals surface area contributed by atoms with Gasteiger partial charge in [0, 0.05) is 23.9 Å². The molecule has 2 unspecified atom stereocenters. The smallest absolute Gasteiger partial charge is 0.252 e. The molecule has 0 radical (unpaired) electrons. The van der Waals surface area contributed by atoms with E-state index in [0.717, 1.165) is 0 Å². The van der Waals surface area contributed by atoms with E-state index in [9.17, 15) is 9.90 Å². The maximum absolute atomic E-state index is 12.7. The van der Waals surface area contributed by atoms with Crippen molar-refractivity contribution >= 4 is 39.9 Å². The summed E-state index contributed by atoms with van der Waals surface area (Å²) in [4.78, 5) is 20.3. The maximum atomic E-state index is 12.7. The number of H-pyrrole nitrogens is 1. The van der Waals surface area contributed by atoms with E-state index in [1.54, 1.807) is 37.5 Å². The molecule has 5 rings (SSSR count). The minimum Gasteiger partial charge on any atom is -0.457 e. The van der Waals surface area contributed by atoms with E-state index in [4.69, 9.17) is 21.1 Å². The lowest BCUT2D eigenvalue weighted by molar-refractivity contribution is -0.122. The van der Waals surface area contributed by atoms with Gasteiger partial charge in [0.25, 0.3) is 5.91 Å². The highest BCUT2D eigenvalue weighted by atomic mass is 35.5. The minimum absolute atomic E-state index is 0.190. The van der Waals surface area contributed by atoms with Crippen molar-refractivity contribution in [2.45, 2.75) is 25.5 Å². The quantitative estimate of drug-likeness (QED) is 0.280. The standard InChI is InChI=1S/C26H25ClN4O4/c1-3-34-14-26(2)25(33)30-20-13-29-24-21(22(20)31-26)18(12-28-24)23(32)17-10-9-16(11-19(17)27)35-15-7-5-4-6-8-15/h4-13,23,31-32H,3,14H2,1-2H3,(H,28,29)(H,30,33). The van der Waals surface area contributed by atoms with Gasteiger partial charge in [0.1, 0.15) is 28.8 Å². The number of hydrogen-bond acceptors (Lipinski definition) is 6. The van der Waals surface area contributed by atoms with Gasteiger partial charge < -0.3 is 30.2 Å². The first-order valence-corrected chi connectivity index (χ1v) is 11.6. The molecule has 0 aliphatic carbocycles. The average molecular weight is 493 g/mol. The highest BCUT2D eigenvalue weighted by molar-refractivity contribution is 6.31. The number of para-hydroxylation sites is 1. The molecule has 8 nitrogen and oxygen atoms in total. The number of nitrogens with zero attached hydrogens (tertiary/aromatic N) is 1. The maximum Gasteiger partial charge on any atom is 0.252 e. The van der Waals surface area contributed by atoms with Crippen molar-refractivity contribution in [1.29, 1.82) is 0 Å². The number of fused-ring (bicyclic) bond motifs is 3. The van der Waals surface area contributed by atoms with Crippen molar-refractivity contribution < 1.29 is 19.4 Å². The van der Waals surface area contributed by atoms with Crippen LogP contribution in [0, 0.1) is 0 Å². The third kappa shape index (κ3) is 4.32. The Morgan fingerprint density at radius 2 is 1.94 bits per heavy atom. The number of halogens is 1. The average Bonchev–Trinajstić information content (AvgIpc) is 3.29. The van der Waals surface area contributed by atoms with Crippen LogP contribution in [0.5, 0.6) is 11.5 Å². The van der Waals surface area contributed by atoms with Crippen molar-refractivity contribution in [3.63, 3.8) is 0 Å². The monoisotopic (exact) mass is 492 g/mol. The molecule has 2 aromatic carbocycles. The number of aliphatic hydroxyl groups excluding tert-OH is 1. The van der Waals surface area contributed by atoms with Crippen LogP contribution in [0.25, 0.3) is 11.0 Å². The summed E-state index contributed by atoms with van der Waals surface area (Å²) in [6, 6.07) is 14.6. The van der Waals surface area contributed by atoms with Crippen LogP contribution in [0.4, 0.5) is 11.4 Å². The molecule has 0 bridgehead atoms. The number of rotatable bonds is 7. The van der Waals surface area contributed by atoms with Crippen molar-refractivity contribution in [2.75, 3.05) is 23.8 Å². The summed E-state index contributed by atoms with van der Waals surface area (Å²) in [6.45, 7) is 4.33. The molecule has 1 aliphatic heterocycles. The Morgan fingerprint density at radius 1 is 1.14 bits per heavy atom. The number of carbonyl (C=O) groups excluding carboxylic acids is 1. The number of benzene rings is 2. The summed E-state index contributed by atoms with van der Waals surface area (Å²) in [5, 5.41) is 18.6. The lowest BCUT2D eigenvalue weighted by Gasteiger charge is -2.35. The molecule has 0 spiro atoms. The van der Waals surface area contributed by atoms with Crippen LogP contribution in [0.1, 0.15) is 31.1 Å². The molecule has 180 valence electrons. The summed E-state index contributed by atoms with van der Waals surface area (Å²) in [5.74, 6) is 1.04. The molecular formula is C26H25ClN4O4. The minimum atomic E-state index is -1.05. The Morgan fingerprint density at radius 3 is 2.69 bits per heavy atom. The molecule has 2 atom stereocenters. The second-order valence-corrected chi connectivity index (χ2v) is 8.97. The van der Waals surface area contributed by atoms with E-state index in [2.05, 4.69) is 20.6 Å². The summed E-state index contributed by atoms with van der Waals surface area (Å²) in [5.41, 5.74) is 1.87. The Kier molecular flexibility index (Phi) is 6.10. The van der Waals surface area contributed by atoms with Crippen LogP contribution >= 0.6 is 11.6 Å². The molecule has 1 amide bonds. The lowest BCUT2D eigenvalue weighted by atomic mass is 9.95. The molecule has 3 heterocycles. The third-order valence-corrected chi connectivity index (χ3v) is 6.34. The van der Waals surface area contributed by atoms with Crippen LogP contribution in [-0.2, 0) is 9.53 Å². The number of hydrogen-bond donors (Lipinski definition) is 4. The SMILES string of the molecule is CCOCC1(C)Nc2c(cnc3[nH]cc(C(O)c4ccc(Oc5ccccc5)cc4Cl)c23)NC1=O. The number of aromatic amines is 1. The fraction of sp³-hybridized carbons (Fsp3) is 0.231. The van der Waals surface area contributed by atoms with Crippen LogP contribution in [0.15, 0.2) is 60.9 Å². The number of ether oxygens (including phenoxy) is 2. The molecule has 2 aromatic heterocycles. The van der Waals surface area contributed by atoms with E-state index in [0.29, 0.717) is 56.7 Å². The number of anilines is 2. The number of nitrogens with one attached hydrogen (secondary N) is 3. The van der Waals surface area contributed by atoms with E-state index >= 15 is 0 Å². The molecule has 4 aromatic rings. The zero-order valence-electron chi connectivity index (χ0n) is 19.3. The van der Waals surface area contributed by atoms with Crippen molar-refractivity contribution in [3.8, 4) is 11.5 Å². The second-order valence-electron chi connectivity index (χ2n) is 8.56. The van der Waals surface area contributed by atoms with Gasteiger partial charge >= 0.3 is 0 Å². The van der Waals surface area contributed by atoms with Crippen LogP contribution in [0.2, 0.25) is 5.02 Å². The highest BCUT2D eigenvalue weighted by Crippen LogP contribution is 2.42. The number of aliphatic hydroxyl groups is 1. The van der Waals surface area contributed by atoms with Gasteiger partial charge in [-0.25, -0.2) is 4.98 Å². The van der Waals surface area contributed by atoms with Gasteiger partial charge in [-0.1, -0.05) is 35.9 Å². The Labute approximate surface area is 207 Å². The number of carbonyl (C=O) groups is 1. The summed E-state index contributed by atoms with van der Waals surface area (Å²) < 4.78 is 11.4. The normalized spacial score (nSPS) is 18.0. The van der Waals surface area contributed by atoms with Crippen molar-refractivity contribution in [1.82, 2.24) is 9.97 Å². The van der Waals surface area contributed by atoms with Crippen molar-refractivity contribution in [2.24, 2.45) is 0 Å². The molecule has 35 heavy (non-hydrogen) atoms. The van der Waals surface area contributed by atoms with Gasteiger partial charge in [0.05, 0.1) is 34.6 Å². The number of amides is 1. The van der Waals surface area contributed by atoms with Gasteiger partial charge in [0.2, 0.25) is 0 Å². The molecular weight excluding hydrogens is 468 g/mol. The Bertz CT molecular complexity index is 1390. The largest absolute Gasteiger partial charge is 0.457 e. The number of pyridine rings is 1. The first-order valence-electron chi connectivity index (χ1n) is 11.3. The zero-order chi connectivity index (χ0) is 24.6. The van der Waals surface area contributed by atoms with E-state index in [1.165, 1.54) is 0 Å². The van der Waals surface area contributed by atoms with Gasteiger partial charge in [-0.15, -0.1) is 0 Å². The predicted molar refractivity (Wildman–Crippen MR) is 135 cm³/mol. The first-order chi connectivity index (χ1) is 16.9. The predicted octanol–water partition coefficient (Wildman–Crippen LogP) is 5.25. The molecule has 0 fully saturated rings. The summed E-state index contributed by atoms with van der Waals surface area (Å²) >= 11 is 6.57. The van der Waals surface area contributed by atoms with Gasteiger partial charge in [-0.3, -0.25) is 4.79 Å². The molecule has 0 saturated carbocycles. The van der Waals surface area contributed by atoms with E-state index < -0.39 is 11.6 Å². The molecule has 4 N–H and O–H groups in total. The Balaban J connectivity index is 1.50. The fourth-order valence-corrected chi connectivity index (χ4v) is 4.42. The Hall–Kier alpha value is -3.59. The third-order valence-electron chi connectivity index (χ3n) is 6.02. The highest BCUT2D eigenvalue weighted by Gasteiger charge is 2.39. The molecule has 1 aliphatic rings. The number of aromatic nitrogens is 2.